The van der Waals surface area contributed by atoms with E-state index >= 15 is 0 Å². The molecule has 4 nitrogen and oxygen atoms in total. The Labute approximate surface area is 132 Å². The first-order valence-corrected chi connectivity index (χ1v) is 5.70. The van der Waals surface area contributed by atoms with Crippen molar-refractivity contribution in [1.82, 2.24) is 10.2 Å². The van der Waals surface area contributed by atoms with Crippen LogP contribution < -0.4 is 10.1 Å². The third-order valence-corrected chi connectivity index (χ3v) is 2.52. The summed E-state index contributed by atoms with van der Waals surface area (Å²) in [5.41, 5.74) is 1.10. The number of hydrogen-bond acceptors (Lipinski definition) is 2. The molecule has 0 aromatic heterocycles. The quantitative estimate of drug-likeness (QED) is 0.380. The van der Waals surface area contributed by atoms with Crippen molar-refractivity contribution < 1.29 is 4.74 Å². The minimum atomic E-state index is 0. The molecule has 0 radical (unpaired) electrons. The van der Waals surface area contributed by atoms with Gasteiger partial charge in [-0.05, 0) is 6.07 Å². The zero-order valence-corrected chi connectivity index (χ0v) is 13.8. The molecule has 0 aliphatic heterocycles. The Bertz CT molecular complexity index is 454. The summed E-state index contributed by atoms with van der Waals surface area (Å²) in [4.78, 5) is 6.17. The van der Waals surface area contributed by atoms with E-state index in [2.05, 4.69) is 16.2 Å². The van der Waals surface area contributed by atoms with Crippen molar-refractivity contribution in [2.75, 3.05) is 27.7 Å². The van der Waals surface area contributed by atoms with Gasteiger partial charge in [0.05, 0.1) is 13.7 Å². The predicted octanol–water partition coefficient (Wildman–Crippen LogP) is 1.95. The number of hydrogen-bond donors (Lipinski definition) is 1. The van der Waals surface area contributed by atoms with Crippen LogP contribution in [-0.4, -0.2) is 38.6 Å². The van der Waals surface area contributed by atoms with E-state index in [-0.39, 0.29) is 24.0 Å². The summed E-state index contributed by atoms with van der Waals surface area (Å²) in [5, 5.41) is 3.08. The molecule has 1 aromatic carbocycles. The molecular weight excluding hydrogens is 353 g/mol. The van der Waals surface area contributed by atoms with Crippen LogP contribution in [0.5, 0.6) is 5.75 Å². The third-order valence-electron chi connectivity index (χ3n) is 2.52. The highest BCUT2D eigenvalue weighted by Gasteiger charge is 2.08. The number of ether oxygens (including phenoxy) is 1. The van der Waals surface area contributed by atoms with Crippen molar-refractivity contribution in [1.29, 1.82) is 0 Å². The Morgan fingerprint density at radius 2 is 2.16 bits per heavy atom. The predicted molar refractivity (Wildman–Crippen MR) is 90.1 cm³/mol. The number of benzene rings is 1. The third kappa shape index (κ3) is 5.39. The Morgan fingerprint density at radius 1 is 1.47 bits per heavy atom. The van der Waals surface area contributed by atoms with Crippen LogP contribution in [-0.2, 0) is 6.54 Å². The molecule has 0 saturated carbocycles. The summed E-state index contributed by atoms with van der Waals surface area (Å²) in [5.74, 6) is 4.17. The highest BCUT2D eigenvalue weighted by molar-refractivity contribution is 14.0. The lowest BCUT2D eigenvalue weighted by molar-refractivity contribution is 0.396. The van der Waals surface area contributed by atoms with E-state index in [1.165, 1.54) is 0 Å². The number of halogens is 1. The second-order valence-electron chi connectivity index (χ2n) is 3.77. The molecule has 0 unspecified atom stereocenters. The van der Waals surface area contributed by atoms with Gasteiger partial charge in [-0.1, -0.05) is 24.1 Å². The van der Waals surface area contributed by atoms with Gasteiger partial charge in [0.2, 0.25) is 0 Å². The number of nitrogens with one attached hydrogen (secondary N) is 1. The maximum Gasteiger partial charge on any atom is 0.194 e. The standard InChI is InChI=1S/C14H19N3O.HI/c1-5-10-16-14(15-2)17(3)11-12-8-6-7-9-13(12)18-4;/h1,6-9H,10-11H2,2-4H3,(H,15,16);1H. The monoisotopic (exact) mass is 373 g/mol. The second kappa shape index (κ2) is 9.50. The Morgan fingerprint density at radius 3 is 2.74 bits per heavy atom. The second-order valence-corrected chi connectivity index (χ2v) is 3.77. The maximum absolute atomic E-state index is 5.32. The van der Waals surface area contributed by atoms with Crippen molar-refractivity contribution in [2.45, 2.75) is 6.54 Å². The maximum atomic E-state index is 5.32. The number of aliphatic imine (C=N–C) groups is 1. The lowest BCUT2D eigenvalue weighted by atomic mass is 10.2. The Balaban J connectivity index is 0.00000324. The van der Waals surface area contributed by atoms with Crippen LogP contribution >= 0.6 is 24.0 Å². The molecule has 104 valence electrons. The van der Waals surface area contributed by atoms with Crippen molar-refractivity contribution >= 4 is 29.9 Å². The van der Waals surface area contributed by atoms with Crippen LogP contribution in [0.1, 0.15) is 5.56 Å². The highest BCUT2D eigenvalue weighted by atomic mass is 127. The molecule has 0 aliphatic rings. The summed E-state index contributed by atoms with van der Waals surface area (Å²) in [6, 6.07) is 7.92. The van der Waals surface area contributed by atoms with Gasteiger partial charge < -0.3 is 15.0 Å². The topological polar surface area (TPSA) is 36.9 Å². The average molecular weight is 373 g/mol. The lowest BCUT2D eigenvalue weighted by Gasteiger charge is -2.22. The van der Waals surface area contributed by atoms with Crippen molar-refractivity contribution in [3.8, 4) is 18.1 Å². The number of para-hydroxylation sites is 1. The van der Waals surface area contributed by atoms with Crippen molar-refractivity contribution in [2.24, 2.45) is 4.99 Å². The first kappa shape index (κ1) is 17.6. The first-order valence-electron chi connectivity index (χ1n) is 5.70. The number of rotatable bonds is 4. The molecule has 19 heavy (non-hydrogen) atoms. The molecule has 5 heteroatoms. The smallest absolute Gasteiger partial charge is 0.194 e. The fourth-order valence-corrected chi connectivity index (χ4v) is 1.68. The number of methoxy groups -OCH3 is 1. The average Bonchev–Trinajstić information content (AvgIpc) is 2.40. The molecule has 1 rings (SSSR count). The Kier molecular flexibility index (Phi) is 8.79. The molecule has 1 N–H and O–H groups in total. The summed E-state index contributed by atoms with van der Waals surface area (Å²) in [6.45, 7) is 1.16. The summed E-state index contributed by atoms with van der Waals surface area (Å²) in [7, 11) is 5.36. The molecule has 0 spiro atoms. The fraction of sp³-hybridized carbons (Fsp3) is 0.357. The van der Waals surface area contributed by atoms with Crippen LogP contribution in [0.4, 0.5) is 0 Å². The SMILES string of the molecule is C#CCNC(=NC)N(C)Cc1ccccc1OC.I. The number of terminal acetylenes is 1. The zero-order chi connectivity index (χ0) is 13.4. The van der Waals surface area contributed by atoms with Crippen LogP contribution in [0, 0.1) is 12.3 Å². The molecule has 0 amide bonds. The Hall–Kier alpha value is -1.42. The van der Waals surface area contributed by atoms with E-state index in [1.54, 1.807) is 14.2 Å². The molecular formula is C14H20IN3O. The van der Waals surface area contributed by atoms with E-state index in [4.69, 9.17) is 11.2 Å². The molecule has 0 saturated heterocycles. The molecule has 0 fully saturated rings. The van der Waals surface area contributed by atoms with Gasteiger partial charge in [-0.25, -0.2) is 0 Å². The van der Waals surface area contributed by atoms with Gasteiger partial charge in [0, 0.05) is 26.2 Å². The lowest BCUT2D eigenvalue weighted by Crippen LogP contribution is -2.38. The van der Waals surface area contributed by atoms with Gasteiger partial charge in [0.1, 0.15) is 5.75 Å². The van der Waals surface area contributed by atoms with Gasteiger partial charge in [-0.2, -0.15) is 0 Å². The van der Waals surface area contributed by atoms with Gasteiger partial charge in [0.15, 0.2) is 5.96 Å². The molecule has 1 aromatic rings. The van der Waals surface area contributed by atoms with Crippen LogP contribution in [0.15, 0.2) is 29.3 Å². The first-order chi connectivity index (χ1) is 8.72. The minimum Gasteiger partial charge on any atom is -0.496 e. The van der Waals surface area contributed by atoms with Crippen molar-refractivity contribution in [3.05, 3.63) is 29.8 Å². The molecule has 0 atom stereocenters. The van der Waals surface area contributed by atoms with Crippen LogP contribution in [0.2, 0.25) is 0 Å². The fourth-order valence-electron chi connectivity index (χ4n) is 1.68. The minimum absolute atomic E-state index is 0. The van der Waals surface area contributed by atoms with Crippen LogP contribution in [0.25, 0.3) is 0 Å². The van der Waals surface area contributed by atoms with Gasteiger partial charge in [0.25, 0.3) is 0 Å². The van der Waals surface area contributed by atoms with E-state index in [1.807, 2.05) is 36.2 Å². The van der Waals surface area contributed by atoms with Crippen LogP contribution in [0.3, 0.4) is 0 Å². The van der Waals surface area contributed by atoms with E-state index in [0.717, 1.165) is 17.3 Å². The molecule has 0 heterocycles. The summed E-state index contributed by atoms with van der Waals surface area (Å²) >= 11 is 0. The zero-order valence-electron chi connectivity index (χ0n) is 11.5. The number of nitrogens with zero attached hydrogens (tertiary/aromatic N) is 2. The highest BCUT2D eigenvalue weighted by Crippen LogP contribution is 2.18. The van der Waals surface area contributed by atoms with Gasteiger partial charge in [-0.15, -0.1) is 30.4 Å². The van der Waals surface area contributed by atoms with E-state index < -0.39 is 0 Å². The largest absolute Gasteiger partial charge is 0.496 e. The summed E-state index contributed by atoms with van der Waals surface area (Å²) < 4.78 is 5.32. The molecule has 0 aliphatic carbocycles. The van der Waals surface area contributed by atoms with Crippen molar-refractivity contribution in [3.63, 3.8) is 0 Å². The van der Waals surface area contributed by atoms with Gasteiger partial charge in [-0.3, -0.25) is 4.99 Å². The summed E-state index contributed by atoms with van der Waals surface area (Å²) in [6.07, 6.45) is 5.22. The number of guanidine groups is 1. The van der Waals surface area contributed by atoms with Gasteiger partial charge >= 0.3 is 0 Å². The molecule has 0 bridgehead atoms. The van der Waals surface area contributed by atoms with E-state index in [9.17, 15) is 0 Å². The van der Waals surface area contributed by atoms with E-state index in [0.29, 0.717) is 13.1 Å². The normalized spacial score (nSPS) is 10.1.